The number of hydrogen-bond donors (Lipinski definition) is 0. The van der Waals surface area contributed by atoms with Crippen molar-refractivity contribution in [2.45, 2.75) is 24.2 Å². The van der Waals surface area contributed by atoms with Gasteiger partial charge in [0, 0.05) is 38.2 Å². The van der Waals surface area contributed by atoms with Crippen LogP contribution < -0.4 is 4.74 Å². The highest BCUT2D eigenvalue weighted by molar-refractivity contribution is 7.89. The van der Waals surface area contributed by atoms with Crippen LogP contribution in [0.5, 0.6) is 5.75 Å². The zero-order chi connectivity index (χ0) is 17.3. The van der Waals surface area contributed by atoms with Gasteiger partial charge in [-0.1, -0.05) is 11.6 Å². The number of methoxy groups -OCH3 is 1. The van der Waals surface area contributed by atoms with Gasteiger partial charge < -0.3 is 9.64 Å². The first-order valence-corrected chi connectivity index (χ1v) is 9.88. The Morgan fingerprint density at radius 2 is 1.96 bits per heavy atom. The summed E-state index contributed by atoms with van der Waals surface area (Å²) in [7, 11) is -2.19. The molecule has 0 N–H and O–H groups in total. The van der Waals surface area contributed by atoms with Crippen LogP contribution in [0.25, 0.3) is 0 Å². The molecular weight excluding hydrogens is 352 g/mol. The van der Waals surface area contributed by atoms with E-state index in [1.165, 1.54) is 23.5 Å². The monoisotopic (exact) mass is 372 g/mol. The molecule has 8 heteroatoms. The highest BCUT2D eigenvalue weighted by atomic mass is 35.5. The summed E-state index contributed by atoms with van der Waals surface area (Å²) in [5, 5.41) is 0.143. The lowest BCUT2D eigenvalue weighted by Gasteiger charge is -2.22. The number of carbonyl (C=O) groups is 1. The number of hydrogen-bond acceptors (Lipinski definition) is 4. The van der Waals surface area contributed by atoms with E-state index in [0.29, 0.717) is 38.3 Å². The number of sulfonamides is 1. The second-order valence-electron chi connectivity index (χ2n) is 6.15. The van der Waals surface area contributed by atoms with Crippen LogP contribution >= 0.6 is 11.6 Å². The molecule has 3 rings (SSSR count). The van der Waals surface area contributed by atoms with Gasteiger partial charge in [0.1, 0.15) is 10.6 Å². The molecule has 0 radical (unpaired) electrons. The minimum Gasteiger partial charge on any atom is -0.497 e. The lowest BCUT2D eigenvalue weighted by molar-refractivity contribution is -0.132. The van der Waals surface area contributed by atoms with Crippen molar-refractivity contribution in [1.29, 1.82) is 0 Å². The highest BCUT2D eigenvalue weighted by Crippen LogP contribution is 2.32. The van der Waals surface area contributed by atoms with Gasteiger partial charge in [-0.15, -0.1) is 0 Å². The molecule has 1 amide bonds. The summed E-state index contributed by atoms with van der Waals surface area (Å²) in [6.45, 7) is 1.72. The zero-order valence-corrected chi connectivity index (χ0v) is 15.1. The molecule has 1 aromatic rings. The Morgan fingerprint density at radius 3 is 2.58 bits per heavy atom. The van der Waals surface area contributed by atoms with Crippen LogP contribution in [0.15, 0.2) is 23.1 Å². The van der Waals surface area contributed by atoms with Crippen LogP contribution in [0, 0.1) is 5.92 Å². The zero-order valence-electron chi connectivity index (χ0n) is 13.6. The Morgan fingerprint density at radius 1 is 1.21 bits per heavy atom. The number of benzene rings is 1. The lowest BCUT2D eigenvalue weighted by Crippen LogP contribution is -2.38. The number of amides is 1. The van der Waals surface area contributed by atoms with E-state index in [-0.39, 0.29) is 21.7 Å². The van der Waals surface area contributed by atoms with E-state index >= 15 is 0 Å². The summed E-state index contributed by atoms with van der Waals surface area (Å²) < 4.78 is 32.2. The number of carbonyl (C=O) groups excluding carboxylic acids is 1. The largest absolute Gasteiger partial charge is 0.497 e. The second-order valence-corrected chi connectivity index (χ2v) is 8.47. The quantitative estimate of drug-likeness (QED) is 0.810. The fourth-order valence-corrected chi connectivity index (χ4v) is 4.88. The molecule has 0 atom stereocenters. The minimum absolute atomic E-state index is 0.0759. The van der Waals surface area contributed by atoms with Gasteiger partial charge in [-0.05, 0) is 31.4 Å². The van der Waals surface area contributed by atoms with E-state index in [4.69, 9.17) is 16.3 Å². The van der Waals surface area contributed by atoms with Gasteiger partial charge in [0.15, 0.2) is 0 Å². The minimum atomic E-state index is -3.69. The Balaban J connectivity index is 1.76. The molecule has 1 heterocycles. The van der Waals surface area contributed by atoms with E-state index in [1.54, 1.807) is 11.0 Å². The third kappa shape index (κ3) is 3.53. The van der Waals surface area contributed by atoms with Gasteiger partial charge in [0.05, 0.1) is 12.1 Å². The smallest absolute Gasteiger partial charge is 0.244 e. The third-order valence-corrected chi connectivity index (χ3v) is 6.83. The van der Waals surface area contributed by atoms with Crippen LogP contribution in [-0.2, 0) is 14.8 Å². The van der Waals surface area contributed by atoms with Gasteiger partial charge in [0.2, 0.25) is 15.9 Å². The van der Waals surface area contributed by atoms with E-state index < -0.39 is 10.0 Å². The molecule has 1 saturated heterocycles. The standard InChI is InChI=1S/C16H21ClN2O4S/c1-23-13-5-6-15(14(17)11-13)24(21,22)19-8-2-7-18(9-10-19)16(20)12-3-4-12/h5-6,11-12H,2-4,7-10H2,1H3. The summed E-state index contributed by atoms with van der Waals surface area (Å²) in [4.78, 5) is 14.1. The first kappa shape index (κ1) is 17.5. The SMILES string of the molecule is COc1ccc(S(=O)(=O)N2CCCN(C(=O)C3CC3)CC2)c(Cl)c1. The molecule has 1 aromatic carbocycles. The topological polar surface area (TPSA) is 66.9 Å². The van der Waals surface area contributed by atoms with Crippen molar-refractivity contribution in [3.8, 4) is 5.75 Å². The molecule has 0 aromatic heterocycles. The Hall–Kier alpha value is -1.31. The second kappa shape index (κ2) is 6.90. The first-order valence-electron chi connectivity index (χ1n) is 8.06. The fourth-order valence-electron chi connectivity index (χ4n) is 2.90. The molecule has 0 spiro atoms. The number of halogens is 1. The number of rotatable bonds is 4. The Labute approximate surface area is 147 Å². The summed E-state index contributed by atoms with van der Waals surface area (Å²) in [6, 6.07) is 4.54. The van der Waals surface area contributed by atoms with Gasteiger partial charge in [-0.25, -0.2) is 8.42 Å². The van der Waals surface area contributed by atoms with E-state index in [2.05, 4.69) is 0 Å². The van der Waals surface area contributed by atoms with Crippen molar-refractivity contribution in [1.82, 2.24) is 9.21 Å². The van der Waals surface area contributed by atoms with Gasteiger partial charge in [-0.3, -0.25) is 4.79 Å². The average Bonchev–Trinajstić information content (AvgIpc) is 3.39. The van der Waals surface area contributed by atoms with Crippen LogP contribution in [-0.4, -0.2) is 56.8 Å². The van der Waals surface area contributed by atoms with Crippen LogP contribution in [0.1, 0.15) is 19.3 Å². The summed E-state index contributed by atoms with van der Waals surface area (Å²) >= 11 is 6.13. The van der Waals surface area contributed by atoms with Crippen LogP contribution in [0.3, 0.4) is 0 Å². The van der Waals surface area contributed by atoms with Gasteiger partial charge in [0.25, 0.3) is 0 Å². The average molecular weight is 373 g/mol. The number of nitrogens with zero attached hydrogens (tertiary/aromatic N) is 2. The van der Waals surface area contributed by atoms with Crippen LogP contribution in [0.4, 0.5) is 0 Å². The maximum absolute atomic E-state index is 12.9. The van der Waals surface area contributed by atoms with E-state index in [0.717, 1.165) is 12.8 Å². The first-order chi connectivity index (χ1) is 11.4. The van der Waals surface area contributed by atoms with E-state index in [1.807, 2.05) is 0 Å². The maximum atomic E-state index is 12.9. The molecule has 132 valence electrons. The highest BCUT2D eigenvalue weighted by Gasteiger charge is 2.35. The molecule has 24 heavy (non-hydrogen) atoms. The molecule has 1 aliphatic heterocycles. The molecule has 2 aliphatic rings. The Kier molecular flexibility index (Phi) is 5.03. The predicted octanol–water partition coefficient (Wildman–Crippen LogP) is 1.98. The van der Waals surface area contributed by atoms with Crippen molar-refractivity contribution in [2.24, 2.45) is 5.92 Å². The molecule has 2 fully saturated rings. The van der Waals surface area contributed by atoms with Crippen molar-refractivity contribution in [3.05, 3.63) is 23.2 Å². The summed E-state index contributed by atoms with van der Waals surface area (Å²) in [6.07, 6.45) is 2.54. The number of ether oxygens (including phenoxy) is 1. The predicted molar refractivity (Wildman–Crippen MR) is 90.7 cm³/mol. The molecule has 1 saturated carbocycles. The summed E-state index contributed by atoms with van der Waals surface area (Å²) in [5.74, 6) is 0.830. The fraction of sp³-hybridized carbons (Fsp3) is 0.562. The van der Waals surface area contributed by atoms with Crippen molar-refractivity contribution >= 4 is 27.5 Å². The summed E-state index contributed by atoms with van der Waals surface area (Å²) in [5.41, 5.74) is 0. The normalized spacial score (nSPS) is 19.8. The molecule has 0 bridgehead atoms. The van der Waals surface area contributed by atoms with Crippen molar-refractivity contribution < 1.29 is 17.9 Å². The molecule has 1 aliphatic carbocycles. The molecular formula is C16H21ClN2O4S. The third-order valence-electron chi connectivity index (χ3n) is 4.45. The van der Waals surface area contributed by atoms with Gasteiger partial charge in [-0.2, -0.15) is 4.31 Å². The van der Waals surface area contributed by atoms with Crippen molar-refractivity contribution in [2.75, 3.05) is 33.3 Å². The lowest BCUT2D eigenvalue weighted by atomic mass is 10.3. The molecule has 6 nitrogen and oxygen atoms in total. The Bertz CT molecular complexity index is 734. The van der Waals surface area contributed by atoms with Crippen LogP contribution in [0.2, 0.25) is 5.02 Å². The van der Waals surface area contributed by atoms with Crippen molar-refractivity contribution in [3.63, 3.8) is 0 Å². The maximum Gasteiger partial charge on any atom is 0.244 e. The van der Waals surface area contributed by atoms with E-state index in [9.17, 15) is 13.2 Å². The molecule has 0 unspecified atom stereocenters. The van der Waals surface area contributed by atoms with Gasteiger partial charge >= 0.3 is 0 Å².